The fourth-order valence-corrected chi connectivity index (χ4v) is 9.82. The molecule has 4 nitrogen and oxygen atoms in total. The maximum atomic E-state index is 5.49. The molecule has 0 amide bonds. The Kier molecular flexibility index (Phi) is 6.98. The summed E-state index contributed by atoms with van der Waals surface area (Å²) in [5.41, 5.74) is 10.9. The molecule has 4 heteroatoms. The van der Waals surface area contributed by atoms with E-state index in [1.54, 1.807) is 0 Å². The van der Waals surface area contributed by atoms with Crippen LogP contribution in [0.2, 0.25) is 0 Å². The van der Waals surface area contributed by atoms with Crippen molar-refractivity contribution in [1.82, 2.24) is 19.1 Å². The first-order valence-electron chi connectivity index (χ1n) is 20.5. The molecule has 13 aromatic rings. The van der Waals surface area contributed by atoms with Gasteiger partial charge in [0.05, 0.1) is 33.3 Å². The SMILES string of the molecule is c1ccc(-n2c3ccccc3c3c4ccccc4c(-c4ccc5c6ccccc6n(-c6nc(-c7ccc8c(ccc9ccccc98)c7)c7ccccc7n6)c5c4)cc32)cc1. The molecule has 0 atom stereocenters. The average molecular weight is 763 g/mol. The number of aromatic nitrogens is 4. The predicted molar refractivity (Wildman–Crippen MR) is 252 cm³/mol. The number of fused-ring (bicyclic) bond motifs is 12. The standard InChI is InChI=1S/C56H34N4/c1-2-15-39(16-3-1)59-51-25-13-10-22-47(51)54-45-20-7-6-18-42(45)48(34-53(54)59)37-28-31-44-43-19-9-12-24-50(43)60(52(44)33-37)56-57-49-23-11-8-21-46(49)55(58-56)38-29-30-41-36(32-38)27-26-35-14-4-5-17-40(35)41/h1-34H. The summed E-state index contributed by atoms with van der Waals surface area (Å²) in [5, 5.41) is 13.2. The molecule has 0 aliphatic rings. The zero-order valence-corrected chi connectivity index (χ0v) is 32.4. The fraction of sp³-hybridized carbons (Fsp3) is 0. The van der Waals surface area contributed by atoms with Gasteiger partial charge in [-0.1, -0.05) is 158 Å². The molecule has 0 fully saturated rings. The summed E-state index contributed by atoms with van der Waals surface area (Å²) in [5.74, 6) is 0.648. The molecule has 278 valence electrons. The second-order valence-corrected chi connectivity index (χ2v) is 15.7. The molecule has 0 N–H and O–H groups in total. The van der Waals surface area contributed by atoms with Gasteiger partial charge in [-0.2, -0.15) is 0 Å². The Morgan fingerprint density at radius 3 is 1.77 bits per heavy atom. The van der Waals surface area contributed by atoms with Gasteiger partial charge in [0.25, 0.3) is 0 Å². The smallest absolute Gasteiger partial charge is 0.235 e. The van der Waals surface area contributed by atoms with Crippen LogP contribution in [0, 0.1) is 0 Å². The van der Waals surface area contributed by atoms with Crippen molar-refractivity contribution in [3.05, 3.63) is 206 Å². The quantitative estimate of drug-likeness (QED) is 0.167. The summed E-state index contributed by atoms with van der Waals surface area (Å²) in [6.07, 6.45) is 0. The highest BCUT2D eigenvalue weighted by atomic mass is 15.2. The third-order valence-electron chi connectivity index (χ3n) is 12.5. The molecule has 13 rings (SSSR count). The first-order valence-corrected chi connectivity index (χ1v) is 20.5. The van der Waals surface area contributed by atoms with Gasteiger partial charge in [0.1, 0.15) is 0 Å². The lowest BCUT2D eigenvalue weighted by molar-refractivity contribution is 1.01. The van der Waals surface area contributed by atoms with Crippen LogP contribution < -0.4 is 0 Å². The highest BCUT2D eigenvalue weighted by Gasteiger charge is 2.21. The van der Waals surface area contributed by atoms with Crippen LogP contribution in [0.15, 0.2) is 206 Å². The Hall–Kier alpha value is -8.08. The fourth-order valence-electron chi connectivity index (χ4n) is 9.82. The van der Waals surface area contributed by atoms with Gasteiger partial charge in [-0.25, -0.2) is 9.97 Å². The molecule has 0 radical (unpaired) electrons. The van der Waals surface area contributed by atoms with Crippen molar-refractivity contribution in [2.45, 2.75) is 0 Å². The molecular weight excluding hydrogens is 729 g/mol. The molecule has 0 bridgehead atoms. The normalized spacial score (nSPS) is 12.0. The Labute approximate surface area is 344 Å². The van der Waals surface area contributed by atoms with Crippen molar-refractivity contribution in [1.29, 1.82) is 0 Å². The Bertz CT molecular complexity index is 3890. The van der Waals surface area contributed by atoms with Crippen LogP contribution in [0.3, 0.4) is 0 Å². The van der Waals surface area contributed by atoms with Crippen LogP contribution in [-0.2, 0) is 0 Å². The molecule has 0 aliphatic carbocycles. The molecule has 0 saturated heterocycles. The van der Waals surface area contributed by atoms with Gasteiger partial charge in [0.2, 0.25) is 5.95 Å². The van der Waals surface area contributed by atoms with E-state index in [0.29, 0.717) is 5.95 Å². The van der Waals surface area contributed by atoms with Gasteiger partial charge < -0.3 is 4.57 Å². The third-order valence-corrected chi connectivity index (χ3v) is 12.5. The van der Waals surface area contributed by atoms with E-state index < -0.39 is 0 Å². The zero-order valence-electron chi connectivity index (χ0n) is 32.4. The van der Waals surface area contributed by atoms with Crippen molar-refractivity contribution >= 4 is 86.8 Å². The van der Waals surface area contributed by atoms with Gasteiger partial charge in [-0.15, -0.1) is 0 Å². The summed E-state index contributed by atoms with van der Waals surface area (Å²) >= 11 is 0. The van der Waals surface area contributed by atoms with E-state index in [4.69, 9.17) is 9.97 Å². The molecular formula is C56H34N4. The third kappa shape index (κ3) is 4.79. The largest absolute Gasteiger partial charge is 0.309 e. The lowest BCUT2D eigenvalue weighted by Gasteiger charge is -2.14. The molecule has 60 heavy (non-hydrogen) atoms. The molecule has 0 spiro atoms. The van der Waals surface area contributed by atoms with E-state index in [1.165, 1.54) is 65.1 Å². The van der Waals surface area contributed by atoms with Crippen molar-refractivity contribution in [2.75, 3.05) is 0 Å². The first kappa shape index (κ1) is 32.9. The zero-order chi connectivity index (χ0) is 39.3. The summed E-state index contributed by atoms with van der Waals surface area (Å²) in [6, 6.07) is 74.4. The first-order chi connectivity index (χ1) is 29.8. The van der Waals surface area contributed by atoms with E-state index in [0.717, 1.165) is 49.8 Å². The van der Waals surface area contributed by atoms with Gasteiger partial charge in [-0.05, 0) is 92.0 Å². The number of nitrogens with zero attached hydrogens (tertiary/aromatic N) is 4. The van der Waals surface area contributed by atoms with Crippen LogP contribution in [0.5, 0.6) is 0 Å². The van der Waals surface area contributed by atoms with E-state index in [2.05, 4.69) is 215 Å². The molecule has 0 aliphatic heterocycles. The number of hydrogen-bond acceptors (Lipinski definition) is 2. The highest BCUT2D eigenvalue weighted by Crippen LogP contribution is 2.43. The highest BCUT2D eigenvalue weighted by molar-refractivity contribution is 6.24. The minimum atomic E-state index is 0.648. The van der Waals surface area contributed by atoms with Crippen LogP contribution in [0.25, 0.3) is 121 Å². The molecule has 0 unspecified atom stereocenters. The molecule has 3 heterocycles. The number of rotatable bonds is 4. The van der Waals surface area contributed by atoms with Crippen LogP contribution in [-0.4, -0.2) is 19.1 Å². The summed E-state index contributed by atoms with van der Waals surface area (Å²) in [4.78, 5) is 10.8. The van der Waals surface area contributed by atoms with Crippen molar-refractivity contribution in [3.63, 3.8) is 0 Å². The maximum absolute atomic E-state index is 5.49. The number of para-hydroxylation sites is 4. The monoisotopic (exact) mass is 762 g/mol. The summed E-state index contributed by atoms with van der Waals surface area (Å²) in [6.45, 7) is 0. The minimum absolute atomic E-state index is 0.648. The van der Waals surface area contributed by atoms with E-state index in [-0.39, 0.29) is 0 Å². The topological polar surface area (TPSA) is 35.6 Å². The van der Waals surface area contributed by atoms with Crippen LogP contribution >= 0.6 is 0 Å². The molecule has 0 saturated carbocycles. The molecule has 3 aromatic heterocycles. The summed E-state index contributed by atoms with van der Waals surface area (Å²) in [7, 11) is 0. The Morgan fingerprint density at radius 2 is 0.917 bits per heavy atom. The lowest BCUT2D eigenvalue weighted by Crippen LogP contribution is -2.03. The predicted octanol–water partition coefficient (Wildman–Crippen LogP) is 14.6. The van der Waals surface area contributed by atoms with Gasteiger partial charge in [0.15, 0.2) is 0 Å². The maximum Gasteiger partial charge on any atom is 0.235 e. The number of benzene rings is 10. The Morgan fingerprint density at radius 1 is 0.317 bits per heavy atom. The summed E-state index contributed by atoms with van der Waals surface area (Å²) < 4.78 is 4.68. The van der Waals surface area contributed by atoms with E-state index >= 15 is 0 Å². The van der Waals surface area contributed by atoms with Crippen molar-refractivity contribution < 1.29 is 0 Å². The lowest BCUT2D eigenvalue weighted by atomic mass is 9.94. The minimum Gasteiger partial charge on any atom is -0.309 e. The Balaban J connectivity index is 1.07. The van der Waals surface area contributed by atoms with E-state index in [1.807, 2.05) is 0 Å². The van der Waals surface area contributed by atoms with Crippen LogP contribution in [0.1, 0.15) is 0 Å². The van der Waals surface area contributed by atoms with Gasteiger partial charge in [-0.3, -0.25) is 4.57 Å². The van der Waals surface area contributed by atoms with Gasteiger partial charge in [0, 0.05) is 38.2 Å². The van der Waals surface area contributed by atoms with E-state index in [9.17, 15) is 0 Å². The molecule has 10 aromatic carbocycles. The van der Waals surface area contributed by atoms with Crippen molar-refractivity contribution in [2.24, 2.45) is 0 Å². The second kappa shape index (κ2) is 12.7. The number of hydrogen-bond donors (Lipinski definition) is 0. The van der Waals surface area contributed by atoms with Crippen molar-refractivity contribution in [3.8, 4) is 34.0 Å². The van der Waals surface area contributed by atoms with Gasteiger partial charge >= 0.3 is 0 Å². The van der Waals surface area contributed by atoms with Crippen LogP contribution in [0.4, 0.5) is 0 Å². The second-order valence-electron chi connectivity index (χ2n) is 15.7. The average Bonchev–Trinajstić information content (AvgIpc) is 3.83.